The highest BCUT2D eigenvalue weighted by Crippen LogP contribution is 2.25. The smallest absolute Gasteiger partial charge is 0.239 e. The lowest BCUT2D eigenvalue weighted by Crippen LogP contribution is -2.44. The second kappa shape index (κ2) is 6.73. The largest absolute Gasteiger partial charge is 0.354 e. The molecule has 5 nitrogen and oxygen atoms in total. The maximum Gasteiger partial charge on any atom is 0.239 e. The van der Waals surface area contributed by atoms with E-state index in [1.54, 1.807) is 7.05 Å². The highest BCUT2D eigenvalue weighted by molar-refractivity contribution is 5.86. The summed E-state index contributed by atoms with van der Waals surface area (Å²) in [6.07, 6.45) is 2.76. The van der Waals surface area contributed by atoms with Crippen LogP contribution in [0.4, 0.5) is 0 Å². The molecule has 0 heterocycles. The third-order valence-electron chi connectivity index (χ3n) is 3.35. The van der Waals surface area contributed by atoms with E-state index in [2.05, 4.69) is 5.32 Å². The summed E-state index contributed by atoms with van der Waals surface area (Å²) in [5, 5.41) is 2.81. The van der Waals surface area contributed by atoms with Crippen molar-refractivity contribution >= 4 is 11.8 Å². The molecule has 3 N–H and O–H groups in total. The lowest BCUT2D eigenvalue weighted by molar-refractivity contribution is -0.138. The number of carbonyl (C=O) groups excluding carboxylic acids is 2. The molecule has 0 aromatic heterocycles. The van der Waals surface area contributed by atoms with Crippen molar-refractivity contribution < 1.29 is 9.59 Å². The van der Waals surface area contributed by atoms with E-state index in [-0.39, 0.29) is 30.3 Å². The number of likely N-dealkylation sites (N-methyl/N-ethyl adjacent to an activating group) is 1. The average Bonchev–Trinajstić information content (AvgIpc) is 2.71. The van der Waals surface area contributed by atoms with Crippen molar-refractivity contribution in [2.75, 3.05) is 20.1 Å². The second-order valence-electron chi connectivity index (χ2n) is 5.59. The highest BCUT2D eigenvalue weighted by atomic mass is 16.2. The monoisotopic (exact) mass is 255 g/mol. The van der Waals surface area contributed by atoms with Crippen LogP contribution in [0.3, 0.4) is 0 Å². The summed E-state index contributed by atoms with van der Waals surface area (Å²) in [6, 6.07) is -0.0429. The molecule has 0 bridgehead atoms. The van der Waals surface area contributed by atoms with Gasteiger partial charge in [0.2, 0.25) is 11.8 Å². The van der Waals surface area contributed by atoms with Crippen molar-refractivity contribution in [3.63, 3.8) is 0 Å². The molecular weight excluding hydrogens is 230 g/mol. The molecule has 104 valence electrons. The molecular formula is C13H25N3O2. The zero-order valence-electron chi connectivity index (χ0n) is 11.6. The number of nitrogens with zero attached hydrogens (tertiary/aromatic N) is 1. The van der Waals surface area contributed by atoms with E-state index in [0.717, 1.165) is 19.3 Å². The summed E-state index contributed by atoms with van der Waals surface area (Å²) in [7, 11) is 1.67. The number of amides is 2. The fraction of sp³-hybridized carbons (Fsp3) is 0.846. The second-order valence-corrected chi connectivity index (χ2v) is 5.59. The highest BCUT2D eigenvalue weighted by Gasteiger charge is 2.32. The SMILES string of the molecule is CC(C)CNC(=O)CN(C)C(=O)C1CCCC1N. The molecule has 0 spiro atoms. The van der Waals surface area contributed by atoms with Gasteiger partial charge in [0.1, 0.15) is 0 Å². The minimum atomic E-state index is -0.105. The molecule has 1 saturated carbocycles. The predicted octanol–water partition coefficient (Wildman–Crippen LogP) is 0.344. The molecule has 1 aliphatic rings. The Bertz CT molecular complexity index is 305. The normalized spacial score (nSPS) is 23.2. The van der Waals surface area contributed by atoms with Crippen LogP contribution in [0.2, 0.25) is 0 Å². The van der Waals surface area contributed by atoms with Crippen LogP contribution in [0, 0.1) is 11.8 Å². The maximum atomic E-state index is 12.1. The van der Waals surface area contributed by atoms with Crippen molar-refractivity contribution in [3.8, 4) is 0 Å². The minimum absolute atomic E-state index is 0.000281. The molecule has 0 saturated heterocycles. The summed E-state index contributed by atoms with van der Waals surface area (Å²) in [5.41, 5.74) is 5.90. The van der Waals surface area contributed by atoms with Crippen LogP contribution in [-0.4, -0.2) is 42.9 Å². The fourth-order valence-corrected chi connectivity index (χ4v) is 2.25. The Morgan fingerprint density at radius 2 is 2.06 bits per heavy atom. The van der Waals surface area contributed by atoms with Crippen molar-refractivity contribution in [1.82, 2.24) is 10.2 Å². The summed E-state index contributed by atoms with van der Waals surface area (Å²) in [4.78, 5) is 25.2. The van der Waals surface area contributed by atoms with Gasteiger partial charge in [-0.2, -0.15) is 0 Å². The first-order valence-electron chi connectivity index (χ1n) is 6.69. The number of hydrogen-bond donors (Lipinski definition) is 2. The van der Waals surface area contributed by atoms with Crippen molar-refractivity contribution in [2.45, 2.75) is 39.2 Å². The standard InChI is InChI=1S/C13H25N3O2/c1-9(2)7-15-12(17)8-16(3)13(18)10-5-4-6-11(10)14/h9-11H,4-8,14H2,1-3H3,(H,15,17). The van der Waals surface area contributed by atoms with Gasteiger partial charge in [-0.1, -0.05) is 20.3 Å². The summed E-state index contributed by atoms with van der Waals surface area (Å²) >= 11 is 0. The number of hydrogen-bond acceptors (Lipinski definition) is 3. The molecule has 1 fully saturated rings. The average molecular weight is 255 g/mol. The van der Waals surface area contributed by atoms with Gasteiger partial charge in [0.05, 0.1) is 12.5 Å². The van der Waals surface area contributed by atoms with Gasteiger partial charge in [-0.15, -0.1) is 0 Å². The Hall–Kier alpha value is -1.10. The van der Waals surface area contributed by atoms with E-state index in [9.17, 15) is 9.59 Å². The van der Waals surface area contributed by atoms with E-state index < -0.39 is 0 Å². The fourth-order valence-electron chi connectivity index (χ4n) is 2.25. The molecule has 1 rings (SSSR count). The van der Waals surface area contributed by atoms with Crippen LogP contribution < -0.4 is 11.1 Å². The van der Waals surface area contributed by atoms with Gasteiger partial charge in [-0.3, -0.25) is 9.59 Å². The lowest BCUT2D eigenvalue weighted by Gasteiger charge is -2.23. The maximum absolute atomic E-state index is 12.1. The Labute approximate surface area is 109 Å². The van der Waals surface area contributed by atoms with Gasteiger partial charge in [-0.05, 0) is 18.8 Å². The van der Waals surface area contributed by atoms with Gasteiger partial charge in [-0.25, -0.2) is 0 Å². The van der Waals surface area contributed by atoms with Gasteiger partial charge in [0, 0.05) is 19.6 Å². The number of carbonyl (C=O) groups is 2. The molecule has 2 unspecified atom stereocenters. The van der Waals surface area contributed by atoms with Gasteiger partial charge in [0.25, 0.3) is 0 Å². The third-order valence-corrected chi connectivity index (χ3v) is 3.35. The van der Waals surface area contributed by atoms with Crippen LogP contribution in [0.5, 0.6) is 0 Å². The van der Waals surface area contributed by atoms with Crippen molar-refractivity contribution in [3.05, 3.63) is 0 Å². The first-order valence-corrected chi connectivity index (χ1v) is 6.69. The molecule has 0 aromatic carbocycles. The van der Waals surface area contributed by atoms with E-state index in [4.69, 9.17) is 5.73 Å². The molecule has 1 aliphatic carbocycles. The molecule has 5 heteroatoms. The van der Waals surface area contributed by atoms with Gasteiger partial charge >= 0.3 is 0 Å². The first-order chi connectivity index (χ1) is 8.41. The van der Waals surface area contributed by atoms with E-state index in [1.165, 1.54) is 4.90 Å². The molecule has 0 aromatic rings. The van der Waals surface area contributed by atoms with E-state index in [1.807, 2.05) is 13.8 Å². The van der Waals surface area contributed by atoms with E-state index >= 15 is 0 Å². The number of nitrogens with one attached hydrogen (secondary N) is 1. The topological polar surface area (TPSA) is 75.4 Å². The first kappa shape index (κ1) is 15.0. The Kier molecular flexibility index (Phi) is 5.59. The predicted molar refractivity (Wildman–Crippen MR) is 70.8 cm³/mol. The summed E-state index contributed by atoms with van der Waals surface area (Å²) < 4.78 is 0. The zero-order chi connectivity index (χ0) is 13.7. The van der Waals surface area contributed by atoms with Crippen LogP contribution in [0.15, 0.2) is 0 Å². The Balaban J connectivity index is 2.37. The van der Waals surface area contributed by atoms with Crippen LogP contribution in [0.1, 0.15) is 33.1 Å². The lowest BCUT2D eigenvalue weighted by atomic mass is 10.0. The third kappa shape index (κ3) is 4.29. The van der Waals surface area contributed by atoms with Crippen LogP contribution in [0.25, 0.3) is 0 Å². The van der Waals surface area contributed by atoms with Gasteiger partial charge in [0.15, 0.2) is 0 Å². The molecule has 2 amide bonds. The van der Waals surface area contributed by atoms with Gasteiger partial charge < -0.3 is 16.0 Å². The number of rotatable bonds is 5. The molecule has 0 aliphatic heterocycles. The van der Waals surface area contributed by atoms with Crippen LogP contribution in [-0.2, 0) is 9.59 Å². The quantitative estimate of drug-likeness (QED) is 0.744. The summed E-state index contributed by atoms with van der Waals surface area (Å²) in [6.45, 7) is 4.83. The summed E-state index contributed by atoms with van der Waals surface area (Å²) in [5.74, 6) is 0.205. The zero-order valence-corrected chi connectivity index (χ0v) is 11.6. The van der Waals surface area contributed by atoms with Crippen molar-refractivity contribution in [1.29, 1.82) is 0 Å². The minimum Gasteiger partial charge on any atom is -0.354 e. The molecule has 2 atom stereocenters. The molecule has 0 radical (unpaired) electrons. The number of nitrogens with two attached hydrogens (primary N) is 1. The molecule has 18 heavy (non-hydrogen) atoms. The van der Waals surface area contributed by atoms with E-state index in [0.29, 0.717) is 12.5 Å². The Morgan fingerprint density at radius 1 is 1.39 bits per heavy atom. The Morgan fingerprint density at radius 3 is 2.56 bits per heavy atom. The van der Waals surface area contributed by atoms with Crippen molar-refractivity contribution in [2.24, 2.45) is 17.6 Å². The van der Waals surface area contributed by atoms with Crippen LogP contribution >= 0.6 is 0 Å².